The van der Waals surface area contributed by atoms with Gasteiger partial charge in [0.15, 0.2) is 0 Å². The molecule has 0 spiro atoms. The van der Waals surface area contributed by atoms with Crippen LogP contribution in [-0.4, -0.2) is 12.6 Å². The van der Waals surface area contributed by atoms with Gasteiger partial charge in [-0.25, -0.2) is 0 Å². The van der Waals surface area contributed by atoms with E-state index in [4.69, 9.17) is 23.2 Å². The second-order valence-electron chi connectivity index (χ2n) is 5.75. The Labute approximate surface area is 126 Å². The minimum absolute atomic E-state index is 0.289. The SMILES string of the molecule is CCC(CC)(CNC1CC1)Cc1cccc(Cl)c1Cl. The van der Waals surface area contributed by atoms with Crippen molar-refractivity contribution in [1.82, 2.24) is 5.32 Å². The Hall–Kier alpha value is -0.240. The van der Waals surface area contributed by atoms with Crippen LogP contribution in [0.1, 0.15) is 45.1 Å². The van der Waals surface area contributed by atoms with Gasteiger partial charge >= 0.3 is 0 Å². The lowest BCUT2D eigenvalue weighted by molar-refractivity contribution is 0.245. The standard InChI is InChI=1S/C16H23Cl2N/c1-3-16(4-2,11-19-13-8-9-13)10-12-6-5-7-14(17)15(12)18/h5-7,13,19H,3-4,8-11H2,1-2H3. The second kappa shape index (κ2) is 6.47. The zero-order chi connectivity index (χ0) is 13.9. The number of hydrogen-bond donors (Lipinski definition) is 1. The Morgan fingerprint density at radius 2 is 1.89 bits per heavy atom. The van der Waals surface area contributed by atoms with E-state index in [1.807, 2.05) is 12.1 Å². The highest BCUT2D eigenvalue weighted by atomic mass is 35.5. The van der Waals surface area contributed by atoms with E-state index in [1.54, 1.807) is 0 Å². The molecule has 2 rings (SSSR count). The first-order chi connectivity index (χ1) is 9.10. The van der Waals surface area contributed by atoms with Gasteiger partial charge in [0.05, 0.1) is 10.0 Å². The van der Waals surface area contributed by atoms with Crippen molar-refractivity contribution in [2.75, 3.05) is 6.54 Å². The molecule has 0 heterocycles. The summed E-state index contributed by atoms with van der Waals surface area (Å²) in [5.41, 5.74) is 1.46. The molecule has 0 radical (unpaired) electrons. The van der Waals surface area contributed by atoms with Crippen molar-refractivity contribution in [2.24, 2.45) is 5.41 Å². The van der Waals surface area contributed by atoms with Gasteiger partial charge in [-0.2, -0.15) is 0 Å². The Bertz CT molecular complexity index is 423. The molecule has 0 saturated heterocycles. The third-order valence-corrected chi connectivity index (χ3v) is 5.30. The summed E-state index contributed by atoms with van der Waals surface area (Å²) in [6.07, 6.45) is 5.99. The van der Waals surface area contributed by atoms with E-state index in [0.29, 0.717) is 5.02 Å². The van der Waals surface area contributed by atoms with Crippen LogP contribution in [0, 0.1) is 5.41 Å². The summed E-state index contributed by atoms with van der Waals surface area (Å²) in [6, 6.07) is 6.71. The summed E-state index contributed by atoms with van der Waals surface area (Å²) >= 11 is 12.5. The van der Waals surface area contributed by atoms with Crippen molar-refractivity contribution in [3.8, 4) is 0 Å². The molecule has 3 heteroatoms. The van der Waals surface area contributed by atoms with Gasteiger partial charge in [0, 0.05) is 12.6 Å². The highest BCUT2D eigenvalue weighted by Crippen LogP contribution is 2.36. The largest absolute Gasteiger partial charge is 0.313 e. The van der Waals surface area contributed by atoms with Crippen LogP contribution in [-0.2, 0) is 6.42 Å². The quantitative estimate of drug-likeness (QED) is 0.739. The fourth-order valence-electron chi connectivity index (χ4n) is 2.55. The fraction of sp³-hybridized carbons (Fsp3) is 0.625. The molecule has 0 amide bonds. The third-order valence-electron chi connectivity index (χ3n) is 4.44. The first kappa shape index (κ1) is 15.2. The lowest BCUT2D eigenvalue weighted by Crippen LogP contribution is -2.36. The molecule has 1 aliphatic rings. The van der Waals surface area contributed by atoms with Crippen molar-refractivity contribution < 1.29 is 0 Å². The summed E-state index contributed by atoms with van der Waals surface area (Å²) in [5.74, 6) is 0. The van der Waals surface area contributed by atoms with Gasteiger partial charge in [-0.1, -0.05) is 49.2 Å². The van der Waals surface area contributed by atoms with Crippen LogP contribution in [0.3, 0.4) is 0 Å². The number of benzene rings is 1. The van der Waals surface area contributed by atoms with Gasteiger partial charge in [-0.3, -0.25) is 0 Å². The number of hydrogen-bond acceptors (Lipinski definition) is 1. The molecule has 1 nitrogen and oxygen atoms in total. The Morgan fingerprint density at radius 1 is 1.21 bits per heavy atom. The zero-order valence-corrected chi connectivity index (χ0v) is 13.3. The summed E-state index contributed by atoms with van der Waals surface area (Å²) in [6.45, 7) is 5.63. The molecule has 0 aromatic heterocycles. The van der Waals surface area contributed by atoms with E-state index in [1.165, 1.54) is 18.4 Å². The van der Waals surface area contributed by atoms with Gasteiger partial charge < -0.3 is 5.32 Å². The Morgan fingerprint density at radius 3 is 2.47 bits per heavy atom. The maximum Gasteiger partial charge on any atom is 0.0624 e. The molecule has 1 aromatic rings. The van der Waals surface area contributed by atoms with Gasteiger partial charge in [-0.15, -0.1) is 0 Å². The summed E-state index contributed by atoms with van der Waals surface area (Å²) < 4.78 is 0. The van der Waals surface area contributed by atoms with Gasteiger partial charge in [0.1, 0.15) is 0 Å². The topological polar surface area (TPSA) is 12.0 Å². The fourth-order valence-corrected chi connectivity index (χ4v) is 2.94. The van der Waals surface area contributed by atoms with Crippen LogP contribution in [0.25, 0.3) is 0 Å². The van der Waals surface area contributed by atoms with E-state index in [-0.39, 0.29) is 5.41 Å². The van der Waals surface area contributed by atoms with Crippen molar-refractivity contribution in [1.29, 1.82) is 0 Å². The molecule has 0 aliphatic heterocycles. The van der Waals surface area contributed by atoms with Crippen LogP contribution in [0.15, 0.2) is 18.2 Å². The monoisotopic (exact) mass is 299 g/mol. The lowest BCUT2D eigenvalue weighted by atomic mass is 9.77. The van der Waals surface area contributed by atoms with Crippen molar-refractivity contribution in [3.05, 3.63) is 33.8 Å². The number of halogens is 2. The van der Waals surface area contributed by atoms with E-state index in [2.05, 4.69) is 25.2 Å². The maximum absolute atomic E-state index is 6.34. The van der Waals surface area contributed by atoms with Gasteiger partial charge in [0.25, 0.3) is 0 Å². The summed E-state index contributed by atoms with van der Waals surface area (Å²) in [5, 5.41) is 5.06. The van der Waals surface area contributed by atoms with Crippen molar-refractivity contribution >= 4 is 23.2 Å². The van der Waals surface area contributed by atoms with E-state index < -0.39 is 0 Å². The molecule has 0 bridgehead atoms. The first-order valence-electron chi connectivity index (χ1n) is 7.26. The molecule has 106 valence electrons. The predicted octanol–water partition coefficient (Wildman–Crippen LogP) is 5.09. The average molecular weight is 300 g/mol. The second-order valence-corrected chi connectivity index (χ2v) is 6.54. The minimum atomic E-state index is 0.289. The van der Waals surface area contributed by atoms with E-state index in [0.717, 1.165) is 36.9 Å². The third kappa shape index (κ3) is 3.87. The highest BCUT2D eigenvalue weighted by Gasteiger charge is 2.30. The molecule has 1 saturated carbocycles. The maximum atomic E-state index is 6.34. The van der Waals surface area contributed by atoms with Crippen LogP contribution in [0.4, 0.5) is 0 Å². The number of rotatable bonds is 7. The first-order valence-corrected chi connectivity index (χ1v) is 8.02. The van der Waals surface area contributed by atoms with Gasteiger partial charge in [-0.05, 0) is 49.1 Å². The molecule has 0 unspecified atom stereocenters. The van der Waals surface area contributed by atoms with Crippen LogP contribution in [0.2, 0.25) is 10.0 Å². The zero-order valence-electron chi connectivity index (χ0n) is 11.8. The lowest BCUT2D eigenvalue weighted by Gasteiger charge is -2.33. The van der Waals surface area contributed by atoms with Gasteiger partial charge in [0.2, 0.25) is 0 Å². The predicted molar refractivity (Wildman–Crippen MR) is 84.2 cm³/mol. The molecule has 19 heavy (non-hydrogen) atoms. The van der Waals surface area contributed by atoms with Crippen LogP contribution < -0.4 is 5.32 Å². The van der Waals surface area contributed by atoms with E-state index in [9.17, 15) is 0 Å². The molecule has 1 aromatic carbocycles. The molecule has 1 N–H and O–H groups in total. The average Bonchev–Trinajstić information content (AvgIpc) is 3.24. The molecular formula is C16H23Cl2N. The smallest absolute Gasteiger partial charge is 0.0624 e. The highest BCUT2D eigenvalue weighted by molar-refractivity contribution is 6.42. The van der Waals surface area contributed by atoms with Crippen LogP contribution in [0.5, 0.6) is 0 Å². The Kier molecular flexibility index (Phi) is 5.16. The van der Waals surface area contributed by atoms with Crippen molar-refractivity contribution in [3.63, 3.8) is 0 Å². The van der Waals surface area contributed by atoms with Crippen LogP contribution >= 0.6 is 23.2 Å². The Balaban J connectivity index is 2.11. The number of nitrogens with one attached hydrogen (secondary N) is 1. The normalized spacial score (nSPS) is 15.8. The summed E-state index contributed by atoms with van der Waals surface area (Å²) in [7, 11) is 0. The molecule has 1 aliphatic carbocycles. The molecule has 0 atom stereocenters. The van der Waals surface area contributed by atoms with Crippen molar-refractivity contribution in [2.45, 2.75) is 52.0 Å². The molecular weight excluding hydrogens is 277 g/mol. The summed E-state index contributed by atoms with van der Waals surface area (Å²) in [4.78, 5) is 0. The molecule has 1 fully saturated rings. The van der Waals surface area contributed by atoms with E-state index >= 15 is 0 Å². The minimum Gasteiger partial charge on any atom is -0.313 e.